The van der Waals surface area contributed by atoms with Crippen molar-refractivity contribution >= 4 is 67.3 Å². The van der Waals surface area contributed by atoms with Gasteiger partial charge in [0.05, 0.1) is 27.5 Å². The molecule has 0 aromatic heterocycles. The number of hydrogen-bond acceptors (Lipinski definition) is 4. The number of benzene rings is 3. The molecule has 1 fully saturated rings. The zero-order chi connectivity index (χ0) is 25.7. The highest BCUT2D eigenvalue weighted by atomic mass is 79.9. The summed E-state index contributed by atoms with van der Waals surface area (Å²) in [6, 6.07) is 17.7. The lowest BCUT2D eigenvalue weighted by molar-refractivity contribution is -0.115. The lowest BCUT2D eigenvalue weighted by Gasteiger charge is -2.17. The number of aliphatic imine (C=N–C) groups is 1. The maximum Gasteiger partial charge on any atom is 0.272 e. The summed E-state index contributed by atoms with van der Waals surface area (Å²) in [6.07, 6.45) is 0. The fourth-order valence-corrected chi connectivity index (χ4v) is 5.89. The van der Waals surface area contributed by atoms with Crippen molar-refractivity contribution in [3.05, 3.63) is 91.8 Å². The van der Waals surface area contributed by atoms with Crippen LogP contribution in [0.2, 0.25) is 0 Å². The summed E-state index contributed by atoms with van der Waals surface area (Å²) in [6.45, 7) is 10.6. The lowest BCUT2D eigenvalue weighted by Crippen LogP contribution is -2.30. The predicted octanol–water partition coefficient (Wildman–Crippen LogP) is 7.23. The van der Waals surface area contributed by atoms with E-state index < -0.39 is 0 Å². The molecule has 3 aromatic carbocycles. The first-order valence-corrected chi connectivity index (χ1v) is 13.4. The average molecular weight is 561 g/mol. The molecule has 0 N–H and O–H groups in total. The van der Waals surface area contributed by atoms with Crippen LogP contribution in [0.15, 0.2) is 69.0 Å². The number of anilines is 2. The smallest absolute Gasteiger partial charge is 0.272 e. The van der Waals surface area contributed by atoms with Gasteiger partial charge < -0.3 is 4.90 Å². The summed E-state index contributed by atoms with van der Waals surface area (Å²) in [5.74, 6) is -0.396. The Morgan fingerprint density at radius 3 is 2.19 bits per heavy atom. The fourth-order valence-electron chi connectivity index (χ4n) is 4.43. The first kappa shape index (κ1) is 24.5. The van der Waals surface area contributed by atoms with E-state index in [1.54, 1.807) is 9.80 Å². The molecule has 0 bridgehead atoms. The predicted molar refractivity (Wildman–Crippen MR) is 153 cm³/mol. The van der Waals surface area contributed by atoms with Gasteiger partial charge in [-0.15, -0.1) is 0 Å². The van der Waals surface area contributed by atoms with Gasteiger partial charge in [0.2, 0.25) is 0 Å². The van der Waals surface area contributed by atoms with Crippen LogP contribution in [-0.4, -0.2) is 23.5 Å². The SMILES string of the molecule is CCN1C(=O)C(=C2SC(=Nc3ccc(C)c(C)c3)N(c3ccc(C)c(C)c3)C2=O)c2cc(Br)ccc21. The van der Waals surface area contributed by atoms with Gasteiger partial charge in [0, 0.05) is 16.6 Å². The second-order valence-corrected chi connectivity index (χ2v) is 11.0. The fraction of sp³-hybridized carbons (Fsp3) is 0.207. The van der Waals surface area contributed by atoms with Crippen molar-refractivity contribution in [1.82, 2.24) is 0 Å². The summed E-state index contributed by atoms with van der Waals surface area (Å²) in [5.41, 5.74) is 8.06. The highest BCUT2D eigenvalue weighted by Crippen LogP contribution is 2.46. The Morgan fingerprint density at radius 1 is 0.833 bits per heavy atom. The second-order valence-electron chi connectivity index (χ2n) is 9.09. The van der Waals surface area contributed by atoms with Crippen LogP contribution >= 0.6 is 27.7 Å². The molecule has 0 radical (unpaired) electrons. The van der Waals surface area contributed by atoms with Gasteiger partial charge in [-0.1, -0.05) is 28.1 Å². The Kier molecular flexibility index (Phi) is 6.39. The number of aryl methyl sites for hydroxylation is 4. The van der Waals surface area contributed by atoms with Crippen LogP contribution in [0, 0.1) is 27.7 Å². The molecule has 5 rings (SSSR count). The van der Waals surface area contributed by atoms with Crippen molar-refractivity contribution in [3.8, 4) is 0 Å². The van der Waals surface area contributed by atoms with Crippen LogP contribution in [0.4, 0.5) is 17.1 Å². The number of likely N-dealkylation sites (N-methyl/N-ethyl adjacent to an activating group) is 1. The monoisotopic (exact) mass is 559 g/mol. The summed E-state index contributed by atoms with van der Waals surface area (Å²) in [4.78, 5) is 36.2. The van der Waals surface area contributed by atoms with Crippen molar-refractivity contribution in [2.24, 2.45) is 4.99 Å². The van der Waals surface area contributed by atoms with Crippen molar-refractivity contribution in [3.63, 3.8) is 0 Å². The quantitative estimate of drug-likeness (QED) is 0.318. The second kappa shape index (κ2) is 9.37. The Labute approximate surface area is 224 Å². The molecule has 0 saturated carbocycles. The van der Waals surface area contributed by atoms with E-state index >= 15 is 0 Å². The molecule has 0 unspecified atom stereocenters. The van der Waals surface area contributed by atoms with Gasteiger partial charge in [0.25, 0.3) is 11.8 Å². The third-order valence-electron chi connectivity index (χ3n) is 6.77. The number of amidine groups is 1. The largest absolute Gasteiger partial charge is 0.308 e. The number of thioether (sulfide) groups is 1. The first-order chi connectivity index (χ1) is 17.2. The summed E-state index contributed by atoms with van der Waals surface area (Å²) in [7, 11) is 0. The molecule has 0 aliphatic carbocycles. The van der Waals surface area contributed by atoms with Crippen LogP contribution in [0.25, 0.3) is 5.57 Å². The molecular formula is C29H26BrN3O2S. The Bertz CT molecular complexity index is 1510. The zero-order valence-corrected chi connectivity index (χ0v) is 23.3. The van der Waals surface area contributed by atoms with Crippen molar-refractivity contribution < 1.29 is 9.59 Å². The van der Waals surface area contributed by atoms with E-state index in [9.17, 15) is 9.59 Å². The minimum absolute atomic E-state index is 0.158. The number of halogens is 1. The van der Waals surface area contributed by atoms with Crippen molar-refractivity contribution in [2.45, 2.75) is 34.6 Å². The van der Waals surface area contributed by atoms with Gasteiger partial charge in [-0.3, -0.25) is 14.5 Å². The molecule has 7 heteroatoms. The van der Waals surface area contributed by atoms with Gasteiger partial charge in [0.15, 0.2) is 5.17 Å². The minimum Gasteiger partial charge on any atom is -0.308 e. The molecule has 0 atom stereocenters. The zero-order valence-electron chi connectivity index (χ0n) is 20.8. The summed E-state index contributed by atoms with van der Waals surface area (Å²) < 4.78 is 0.857. The number of carbonyl (C=O) groups excluding carboxylic acids is 2. The summed E-state index contributed by atoms with van der Waals surface area (Å²) >= 11 is 4.79. The van der Waals surface area contributed by atoms with E-state index in [4.69, 9.17) is 4.99 Å². The standard InChI is InChI=1S/C29H26BrN3O2S/c1-6-32-24-12-9-20(30)15-23(24)25(27(32)34)26-28(35)33(22-11-8-17(3)19(5)14-22)29(36-26)31-21-10-7-16(2)18(4)13-21/h7-15H,6H2,1-5H3. The highest BCUT2D eigenvalue weighted by Gasteiger charge is 2.43. The maximum absolute atomic E-state index is 14.0. The van der Waals surface area contributed by atoms with Gasteiger partial charge >= 0.3 is 0 Å². The molecule has 2 amide bonds. The van der Waals surface area contributed by atoms with Crippen LogP contribution in [0.1, 0.15) is 34.7 Å². The summed E-state index contributed by atoms with van der Waals surface area (Å²) in [5, 5.41) is 0.535. The van der Waals surface area contributed by atoms with E-state index in [0.29, 0.717) is 22.2 Å². The first-order valence-electron chi connectivity index (χ1n) is 11.8. The normalized spacial score (nSPS) is 18.6. The molecule has 182 valence electrons. The molecule has 2 aliphatic heterocycles. The molecule has 2 aliphatic rings. The number of carbonyl (C=O) groups is 2. The Balaban J connectivity index is 1.72. The third-order valence-corrected chi connectivity index (χ3v) is 8.30. The van der Waals surface area contributed by atoms with Gasteiger partial charge in [-0.2, -0.15) is 0 Å². The topological polar surface area (TPSA) is 53.0 Å². The molecule has 5 nitrogen and oxygen atoms in total. The van der Waals surface area contributed by atoms with Gasteiger partial charge in [-0.05, 0) is 111 Å². The molecule has 3 aromatic rings. The molecule has 2 heterocycles. The number of rotatable bonds is 3. The van der Waals surface area contributed by atoms with E-state index in [1.165, 1.54) is 17.3 Å². The van der Waals surface area contributed by atoms with Crippen molar-refractivity contribution in [2.75, 3.05) is 16.3 Å². The number of amides is 2. The van der Waals surface area contributed by atoms with Crippen LogP contribution < -0.4 is 9.80 Å². The van der Waals surface area contributed by atoms with Crippen molar-refractivity contribution in [1.29, 1.82) is 0 Å². The van der Waals surface area contributed by atoms with Crippen LogP contribution in [-0.2, 0) is 9.59 Å². The Morgan fingerprint density at radius 2 is 1.53 bits per heavy atom. The van der Waals surface area contributed by atoms with E-state index in [2.05, 4.69) is 22.9 Å². The Hall–Kier alpha value is -3.16. The molecule has 0 spiro atoms. The van der Waals surface area contributed by atoms with Crippen LogP contribution in [0.3, 0.4) is 0 Å². The minimum atomic E-state index is -0.238. The average Bonchev–Trinajstić information content (AvgIpc) is 3.29. The maximum atomic E-state index is 14.0. The highest BCUT2D eigenvalue weighted by molar-refractivity contribution is 9.10. The van der Waals surface area contributed by atoms with Gasteiger partial charge in [0.1, 0.15) is 0 Å². The third kappa shape index (κ3) is 4.10. The number of nitrogens with zero attached hydrogens (tertiary/aromatic N) is 3. The van der Waals surface area contributed by atoms with E-state index in [-0.39, 0.29) is 11.8 Å². The lowest BCUT2D eigenvalue weighted by atomic mass is 10.1. The van der Waals surface area contributed by atoms with E-state index in [0.717, 1.165) is 43.8 Å². The molecule has 36 heavy (non-hydrogen) atoms. The van der Waals surface area contributed by atoms with Crippen LogP contribution in [0.5, 0.6) is 0 Å². The van der Waals surface area contributed by atoms with E-state index in [1.807, 2.05) is 82.3 Å². The number of fused-ring (bicyclic) bond motifs is 1. The molecular weight excluding hydrogens is 534 g/mol. The molecule has 1 saturated heterocycles. The van der Waals surface area contributed by atoms with Gasteiger partial charge in [-0.25, -0.2) is 4.99 Å². The number of hydrogen-bond donors (Lipinski definition) is 0.